The Morgan fingerprint density at radius 3 is 1.84 bits per heavy atom. The van der Waals surface area contributed by atoms with Crippen molar-refractivity contribution in [2.24, 2.45) is 0 Å². The molecule has 4 aromatic rings. The summed E-state index contributed by atoms with van der Waals surface area (Å²) in [6, 6.07) is 6.67. The second-order valence-electron chi connectivity index (χ2n) is 22.4. The van der Waals surface area contributed by atoms with E-state index in [2.05, 4.69) is 67.3 Å². The second kappa shape index (κ2) is 42.7. The van der Waals surface area contributed by atoms with Gasteiger partial charge < -0.3 is 59.9 Å². The highest BCUT2D eigenvalue weighted by molar-refractivity contribution is 9.10. The average molecular weight is 1350 g/mol. The van der Waals surface area contributed by atoms with Crippen molar-refractivity contribution in [3.8, 4) is 11.1 Å². The molecular formula is C64H91BrFN11O15. The highest BCUT2D eigenvalue weighted by Gasteiger charge is 2.40. The molecular weight excluding hydrogens is 1260 g/mol. The molecule has 3 aromatic heterocycles. The first-order valence-corrected chi connectivity index (χ1v) is 32.5. The van der Waals surface area contributed by atoms with Crippen molar-refractivity contribution in [2.75, 3.05) is 92.0 Å². The molecule has 1 aromatic carbocycles. The monoisotopic (exact) mass is 1350 g/mol. The Morgan fingerprint density at radius 1 is 0.663 bits per heavy atom. The summed E-state index contributed by atoms with van der Waals surface area (Å²) in [5, 5.41) is 18.4. The maximum absolute atomic E-state index is 14.8. The number of rotatable bonds is 46. The first-order valence-electron chi connectivity index (χ1n) is 31.7. The lowest BCUT2D eigenvalue weighted by Gasteiger charge is -2.24. The molecule has 3 atom stereocenters. The Hall–Kier alpha value is -7.40. The van der Waals surface area contributed by atoms with Crippen molar-refractivity contribution in [1.82, 2.24) is 50.9 Å². The van der Waals surface area contributed by atoms with Crippen LogP contribution >= 0.6 is 15.9 Å². The van der Waals surface area contributed by atoms with Crippen LogP contribution in [-0.2, 0) is 79.9 Å². The largest absolute Gasteiger partial charge is 0.469 e. The fraction of sp³-hybridized carbons (Fsp3) is 0.609. The zero-order valence-electron chi connectivity index (χ0n) is 53.5. The van der Waals surface area contributed by atoms with Gasteiger partial charge in [0.1, 0.15) is 60.0 Å². The number of methoxy groups -OCH3 is 2. The quantitative estimate of drug-likeness (QED) is 0.0136. The average Bonchev–Trinajstić information content (AvgIpc) is 1.63. The van der Waals surface area contributed by atoms with Crippen molar-refractivity contribution < 1.29 is 76.0 Å². The van der Waals surface area contributed by atoms with Crippen molar-refractivity contribution in [2.45, 2.75) is 167 Å². The van der Waals surface area contributed by atoms with Gasteiger partial charge in [0.15, 0.2) is 5.78 Å². The normalized spacial score (nSPS) is 14.0. The van der Waals surface area contributed by atoms with Gasteiger partial charge in [-0.25, -0.2) is 24.1 Å². The van der Waals surface area contributed by atoms with E-state index >= 15 is 0 Å². The van der Waals surface area contributed by atoms with Crippen molar-refractivity contribution in [1.29, 1.82) is 0 Å². The van der Waals surface area contributed by atoms with Crippen LogP contribution < -0.4 is 26.6 Å². The number of pyridine rings is 1. The number of hydrogen-bond acceptors (Lipinski definition) is 19. The van der Waals surface area contributed by atoms with E-state index in [1.165, 1.54) is 82.1 Å². The van der Waals surface area contributed by atoms with Gasteiger partial charge >= 0.3 is 11.9 Å². The first kappa shape index (κ1) is 75.3. The van der Waals surface area contributed by atoms with Crippen LogP contribution in [0.5, 0.6) is 0 Å². The lowest BCUT2D eigenvalue weighted by Crippen LogP contribution is -2.44. The molecule has 0 radical (unpaired) electrons. The van der Waals surface area contributed by atoms with Crippen LogP contribution in [0.3, 0.4) is 0 Å². The molecule has 506 valence electrons. The molecule has 26 nitrogen and oxygen atoms in total. The van der Waals surface area contributed by atoms with Crippen molar-refractivity contribution >= 4 is 85.8 Å². The predicted octanol–water partition coefficient (Wildman–Crippen LogP) is 6.51. The van der Waals surface area contributed by atoms with Crippen molar-refractivity contribution in [3.63, 3.8) is 0 Å². The van der Waals surface area contributed by atoms with Gasteiger partial charge in [0, 0.05) is 69.0 Å². The molecule has 0 spiro atoms. The Balaban J connectivity index is 0.835. The minimum Gasteiger partial charge on any atom is -0.469 e. The number of amides is 6. The van der Waals surface area contributed by atoms with Gasteiger partial charge in [-0.3, -0.25) is 43.0 Å². The number of carbonyl (C=O) groups is 9. The number of benzene rings is 1. The number of aromatic nitrogens is 5. The summed E-state index contributed by atoms with van der Waals surface area (Å²) < 4.78 is 47.9. The fourth-order valence-electron chi connectivity index (χ4n) is 10.1. The zero-order chi connectivity index (χ0) is 66.5. The van der Waals surface area contributed by atoms with Crippen LogP contribution in [-0.4, -0.2) is 188 Å². The summed E-state index contributed by atoms with van der Waals surface area (Å²) in [6.45, 7) is 3.54. The third-order valence-corrected chi connectivity index (χ3v) is 15.6. The molecule has 1 saturated heterocycles. The Labute approximate surface area is 545 Å². The highest BCUT2D eigenvalue weighted by Crippen LogP contribution is 2.29. The molecule has 5 rings (SSSR count). The molecule has 0 saturated carbocycles. The molecule has 0 aliphatic carbocycles. The number of fused-ring (bicyclic) bond motifs is 1. The third-order valence-electron chi connectivity index (χ3n) is 15.1. The van der Waals surface area contributed by atoms with Crippen LogP contribution in [0.15, 0.2) is 47.3 Å². The standard InChI is InChI=1S/C64H91BrFN11O15/c1-44-21-25-53(65)73-62(44)74-63(85)52-36-48(66)40-76(52)59(83)41-77-51-24-22-46(35-49(51)61(75-77)45(2)78)47-37-69-54(70-38-47)39-71-58(82)43-92-34-32-90-30-28-68-57(81)42-91-33-31-89-29-27-67-55(79)26-23-50(64(86)88-4)72-56(80)19-17-15-13-11-9-7-5-6-8-10-12-14-16-18-20-60(84)87-3/h21-22,24-25,35,37-38,48,50,52H,5-20,23,26-34,36,39-43H2,1-4H3,(H,67,79)(H,68,81)(H,71,82)(H,72,80)(H,73,74,85)/t48-,50+,52+/m1/s1. The minimum absolute atomic E-state index is 0.000173. The van der Waals surface area contributed by atoms with E-state index in [9.17, 15) is 47.5 Å². The fourth-order valence-corrected chi connectivity index (χ4v) is 10.4. The number of ketones is 1. The molecule has 5 N–H and O–H groups in total. The number of halogens is 2. The number of esters is 2. The summed E-state index contributed by atoms with van der Waals surface area (Å²) in [7, 11) is 2.67. The van der Waals surface area contributed by atoms with Gasteiger partial charge in [-0.05, 0) is 71.4 Å². The number of ether oxygens (including phenoxy) is 6. The van der Waals surface area contributed by atoms with Crippen LogP contribution in [0, 0.1) is 6.92 Å². The van der Waals surface area contributed by atoms with E-state index in [0.29, 0.717) is 56.7 Å². The van der Waals surface area contributed by atoms with E-state index in [4.69, 9.17) is 23.7 Å². The molecule has 1 aliphatic heterocycles. The third kappa shape index (κ3) is 28.2. The molecule has 0 unspecified atom stereocenters. The molecule has 0 bridgehead atoms. The SMILES string of the molecule is COC(=O)CCCCCCCCCCCCCCCCC(=O)N[C@@H](CCC(=O)NCCOCCOCC(=O)NCCOCCOCC(=O)NCc1ncc(-c2ccc3c(c2)c(C(C)=O)nn3CC(=O)N2C[C@H](F)C[C@H]2C(=O)Nc2nc(Br)ccc2C)cn1)C(=O)OC. The van der Waals surface area contributed by atoms with Crippen LogP contribution in [0.2, 0.25) is 0 Å². The zero-order valence-corrected chi connectivity index (χ0v) is 55.0. The molecule has 92 heavy (non-hydrogen) atoms. The number of nitrogens with zero attached hydrogens (tertiary/aromatic N) is 6. The van der Waals surface area contributed by atoms with Gasteiger partial charge in [-0.15, -0.1) is 0 Å². The Bertz CT molecular complexity index is 3010. The molecule has 1 aliphatic rings. The van der Waals surface area contributed by atoms with E-state index in [0.717, 1.165) is 38.5 Å². The number of aryl methyl sites for hydroxylation is 1. The van der Waals surface area contributed by atoms with Gasteiger partial charge in [-0.2, -0.15) is 5.10 Å². The maximum atomic E-state index is 14.8. The number of unbranched alkanes of at least 4 members (excludes halogenated alkanes) is 13. The summed E-state index contributed by atoms with van der Waals surface area (Å²) in [5.74, 6) is -2.89. The lowest BCUT2D eigenvalue weighted by molar-refractivity contribution is -0.145. The van der Waals surface area contributed by atoms with Gasteiger partial charge in [-0.1, -0.05) is 89.2 Å². The number of Topliss-reactive ketones (excluding diaryl/α,β-unsaturated/α-hetero) is 1. The molecule has 6 amide bonds. The van der Waals surface area contributed by atoms with E-state index in [-0.39, 0.29) is 140 Å². The van der Waals surface area contributed by atoms with Gasteiger partial charge in [0.05, 0.1) is 72.5 Å². The Kier molecular flexibility index (Phi) is 34.9. The van der Waals surface area contributed by atoms with Crippen molar-refractivity contribution in [3.05, 3.63) is 64.4 Å². The van der Waals surface area contributed by atoms with E-state index < -0.39 is 41.9 Å². The topological polar surface area (TPSA) is 329 Å². The smallest absolute Gasteiger partial charge is 0.328 e. The summed E-state index contributed by atoms with van der Waals surface area (Å²) in [5.41, 5.74) is 2.54. The predicted molar refractivity (Wildman–Crippen MR) is 341 cm³/mol. The summed E-state index contributed by atoms with van der Waals surface area (Å²) >= 11 is 3.28. The number of anilines is 1. The van der Waals surface area contributed by atoms with Crippen LogP contribution in [0.1, 0.15) is 151 Å². The number of alkyl halides is 1. The molecule has 28 heteroatoms. The highest BCUT2D eigenvalue weighted by atomic mass is 79.9. The van der Waals surface area contributed by atoms with Crippen LogP contribution in [0.4, 0.5) is 10.2 Å². The van der Waals surface area contributed by atoms with Gasteiger partial charge in [0.2, 0.25) is 35.4 Å². The van der Waals surface area contributed by atoms with Crippen LogP contribution in [0.25, 0.3) is 22.0 Å². The summed E-state index contributed by atoms with van der Waals surface area (Å²) in [6.07, 6.45) is 18.0. The number of carbonyl (C=O) groups excluding carboxylic acids is 9. The minimum atomic E-state index is -1.41. The maximum Gasteiger partial charge on any atom is 0.328 e. The summed E-state index contributed by atoms with van der Waals surface area (Å²) in [4.78, 5) is 127. The Morgan fingerprint density at radius 2 is 1.24 bits per heavy atom. The molecule has 4 heterocycles. The lowest BCUT2D eigenvalue weighted by atomic mass is 10.0. The second-order valence-corrected chi connectivity index (χ2v) is 23.2. The number of likely N-dealkylation sites (tertiary alicyclic amines) is 1. The van der Waals surface area contributed by atoms with E-state index in [1.54, 1.807) is 49.6 Å². The van der Waals surface area contributed by atoms with E-state index in [1.807, 2.05) is 0 Å². The number of nitrogens with one attached hydrogen (secondary N) is 5. The molecule has 1 fully saturated rings. The van der Waals surface area contributed by atoms with Gasteiger partial charge in [0.25, 0.3) is 0 Å². The number of hydrogen-bond donors (Lipinski definition) is 5. The first-order chi connectivity index (χ1) is 44.5.